The summed E-state index contributed by atoms with van der Waals surface area (Å²) in [7, 11) is 0. The first-order chi connectivity index (χ1) is 15.8. The molecule has 0 saturated carbocycles. The molecule has 0 saturated heterocycles. The Morgan fingerprint density at radius 3 is 2.24 bits per heavy atom. The second-order valence-electron chi connectivity index (χ2n) is 8.36. The van der Waals surface area contributed by atoms with Crippen LogP contribution in [0.5, 0.6) is 0 Å². The van der Waals surface area contributed by atoms with Crippen LogP contribution in [0.4, 0.5) is 5.69 Å². The van der Waals surface area contributed by atoms with Crippen LogP contribution in [0.15, 0.2) is 53.3 Å². The van der Waals surface area contributed by atoms with E-state index >= 15 is 0 Å². The zero-order chi connectivity index (χ0) is 23.7. The van der Waals surface area contributed by atoms with Crippen molar-refractivity contribution in [1.82, 2.24) is 19.6 Å². The minimum Gasteiger partial charge on any atom is -0.324 e. The molecule has 1 unspecified atom stereocenters. The van der Waals surface area contributed by atoms with Gasteiger partial charge in [0.05, 0.1) is 22.5 Å². The summed E-state index contributed by atoms with van der Waals surface area (Å²) in [6.07, 6.45) is 1.35. The number of aromatic nitrogens is 4. The lowest BCUT2D eigenvalue weighted by molar-refractivity contribution is -0.119. The van der Waals surface area contributed by atoms with Crippen LogP contribution in [-0.2, 0) is 11.2 Å². The molecule has 0 aliphatic rings. The largest absolute Gasteiger partial charge is 0.324 e. The first-order valence-corrected chi connectivity index (χ1v) is 11.3. The maximum absolute atomic E-state index is 13.4. The number of rotatable bonds is 6. The average Bonchev–Trinajstić information content (AvgIpc) is 3.16. The lowest BCUT2D eigenvalue weighted by atomic mass is 10.1. The fraction of sp³-hybridized carbons (Fsp3) is 0.308. The van der Waals surface area contributed by atoms with E-state index in [9.17, 15) is 9.59 Å². The number of amides is 1. The van der Waals surface area contributed by atoms with Gasteiger partial charge in [-0.05, 0) is 63.4 Å². The third-order valence-electron chi connectivity index (χ3n) is 6.04. The Kier molecular flexibility index (Phi) is 6.14. The Hall–Kier alpha value is -3.74. The van der Waals surface area contributed by atoms with E-state index in [4.69, 9.17) is 0 Å². The molecule has 0 bridgehead atoms. The zero-order valence-electron chi connectivity index (χ0n) is 19.7. The van der Waals surface area contributed by atoms with Crippen molar-refractivity contribution in [3.05, 3.63) is 81.4 Å². The van der Waals surface area contributed by atoms with Crippen molar-refractivity contribution in [2.24, 2.45) is 0 Å². The minimum atomic E-state index is -0.740. The number of carbonyl (C=O) groups is 1. The predicted molar refractivity (Wildman–Crippen MR) is 131 cm³/mol. The number of nitrogens with zero attached hydrogens (tertiary/aromatic N) is 4. The molecule has 4 rings (SSSR count). The number of hydrogen-bond donors (Lipinski definition) is 1. The fourth-order valence-corrected chi connectivity index (χ4v) is 4.12. The van der Waals surface area contributed by atoms with Crippen molar-refractivity contribution in [1.29, 1.82) is 0 Å². The van der Waals surface area contributed by atoms with Gasteiger partial charge in [0.25, 0.3) is 5.56 Å². The lowest BCUT2D eigenvalue weighted by Gasteiger charge is -2.17. The van der Waals surface area contributed by atoms with Gasteiger partial charge in [0.1, 0.15) is 6.04 Å². The summed E-state index contributed by atoms with van der Waals surface area (Å²) in [5, 5.41) is 12.8. The highest BCUT2D eigenvalue weighted by Crippen LogP contribution is 2.23. The Labute approximate surface area is 193 Å². The Bertz CT molecular complexity index is 1370. The van der Waals surface area contributed by atoms with Crippen molar-refractivity contribution in [3.8, 4) is 5.69 Å². The van der Waals surface area contributed by atoms with Crippen molar-refractivity contribution >= 4 is 22.5 Å². The highest BCUT2D eigenvalue weighted by molar-refractivity contribution is 5.94. The molecule has 2 aromatic carbocycles. The molecule has 0 fully saturated rings. The molecule has 0 aliphatic heterocycles. The van der Waals surface area contributed by atoms with Gasteiger partial charge in [-0.25, -0.2) is 9.36 Å². The van der Waals surface area contributed by atoms with Crippen LogP contribution >= 0.6 is 0 Å². The summed E-state index contributed by atoms with van der Waals surface area (Å²) in [6.45, 7) is 9.75. The van der Waals surface area contributed by atoms with Crippen LogP contribution in [-0.4, -0.2) is 25.5 Å². The maximum atomic E-state index is 13.4. The fourth-order valence-electron chi connectivity index (χ4n) is 4.12. The van der Waals surface area contributed by atoms with E-state index in [1.165, 1.54) is 10.2 Å². The standard InChI is InChI=1S/C26H29N5O2/c1-6-19-10-12-20(13-11-19)27-25(32)22(7-2)31-26(33)24-23(17(4)28-31)18(5)30(29-24)21-14-8-16(3)9-15-21/h8-15,22H,6-7H2,1-5H3,(H,27,32). The molecule has 4 aromatic rings. The molecule has 2 aromatic heterocycles. The molecule has 0 spiro atoms. The summed E-state index contributed by atoms with van der Waals surface area (Å²) in [5.74, 6) is -0.273. The number of fused-ring (bicyclic) bond motifs is 1. The average molecular weight is 444 g/mol. The van der Waals surface area contributed by atoms with Gasteiger partial charge < -0.3 is 5.32 Å². The second kappa shape index (κ2) is 9.02. The van der Waals surface area contributed by atoms with Gasteiger partial charge in [0, 0.05) is 5.69 Å². The molecule has 1 amide bonds. The molecule has 0 radical (unpaired) electrons. The van der Waals surface area contributed by atoms with E-state index in [1.54, 1.807) is 4.68 Å². The first kappa shape index (κ1) is 22.5. The molecule has 7 heteroatoms. The van der Waals surface area contributed by atoms with E-state index < -0.39 is 6.04 Å². The van der Waals surface area contributed by atoms with Gasteiger partial charge in [-0.15, -0.1) is 0 Å². The Morgan fingerprint density at radius 2 is 1.64 bits per heavy atom. The van der Waals surface area contributed by atoms with Crippen LogP contribution < -0.4 is 10.9 Å². The van der Waals surface area contributed by atoms with Gasteiger partial charge in [-0.1, -0.05) is 43.7 Å². The van der Waals surface area contributed by atoms with Gasteiger partial charge in [0.2, 0.25) is 5.91 Å². The molecule has 2 heterocycles. The quantitative estimate of drug-likeness (QED) is 0.470. The number of benzene rings is 2. The van der Waals surface area contributed by atoms with E-state index in [0.29, 0.717) is 23.3 Å². The lowest BCUT2D eigenvalue weighted by Crippen LogP contribution is -2.35. The SMILES string of the molecule is CCc1ccc(NC(=O)C(CC)n2nc(C)c3c(C)n(-c4ccc(C)cc4)nc3c2=O)cc1. The van der Waals surface area contributed by atoms with Crippen molar-refractivity contribution in [2.75, 3.05) is 5.32 Å². The van der Waals surface area contributed by atoms with Crippen LogP contribution in [0.3, 0.4) is 0 Å². The molecular weight excluding hydrogens is 414 g/mol. The highest BCUT2D eigenvalue weighted by atomic mass is 16.2. The number of aryl methyl sites for hydroxylation is 4. The third kappa shape index (κ3) is 4.18. The maximum Gasteiger partial charge on any atom is 0.295 e. The summed E-state index contributed by atoms with van der Waals surface area (Å²) in [4.78, 5) is 26.5. The number of nitrogens with one attached hydrogen (secondary N) is 1. The van der Waals surface area contributed by atoms with Crippen LogP contribution in [0.2, 0.25) is 0 Å². The number of carbonyl (C=O) groups excluding carboxylic acids is 1. The van der Waals surface area contributed by atoms with Crippen LogP contribution in [0.1, 0.15) is 48.8 Å². The van der Waals surface area contributed by atoms with Crippen LogP contribution in [0, 0.1) is 20.8 Å². The number of hydrogen-bond acceptors (Lipinski definition) is 4. The van der Waals surface area contributed by atoms with E-state index in [0.717, 1.165) is 28.8 Å². The smallest absolute Gasteiger partial charge is 0.295 e. The third-order valence-corrected chi connectivity index (χ3v) is 6.04. The molecule has 33 heavy (non-hydrogen) atoms. The molecule has 170 valence electrons. The Morgan fingerprint density at radius 1 is 0.970 bits per heavy atom. The van der Waals surface area contributed by atoms with Gasteiger partial charge in [-0.2, -0.15) is 10.2 Å². The highest BCUT2D eigenvalue weighted by Gasteiger charge is 2.25. The summed E-state index contributed by atoms with van der Waals surface area (Å²) in [6, 6.07) is 14.9. The normalized spacial score (nSPS) is 12.2. The second-order valence-corrected chi connectivity index (χ2v) is 8.36. The number of anilines is 1. The van der Waals surface area contributed by atoms with Crippen molar-refractivity contribution in [2.45, 2.75) is 53.5 Å². The molecule has 0 aliphatic carbocycles. The van der Waals surface area contributed by atoms with Crippen LogP contribution in [0.25, 0.3) is 16.6 Å². The first-order valence-electron chi connectivity index (χ1n) is 11.3. The van der Waals surface area contributed by atoms with E-state index in [-0.39, 0.29) is 11.5 Å². The minimum absolute atomic E-state index is 0.273. The van der Waals surface area contributed by atoms with Crippen molar-refractivity contribution < 1.29 is 4.79 Å². The van der Waals surface area contributed by atoms with E-state index in [1.807, 2.05) is 76.2 Å². The monoisotopic (exact) mass is 443 g/mol. The molecule has 7 nitrogen and oxygen atoms in total. The summed E-state index contributed by atoms with van der Waals surface area (Å²) >= 11 is 0. The van der Waals surface area contributed by atoms with Gasteiger partial charge in [0.15, 0.2) is 5.52 Å². The summed E-state index contributed by atoms with van der Waals surface area (Å²) in [5.41, 5.74) is 5.37. The summed E-state index contributed by atoms with van der Waals surface area (Å²) < 4.78 is 3.04. The van der Waals surface area contributed by atoms with Crippen molar-refractivity contribution in [3.63, 3.8) is 0 Å². The molecule has 1 N–H and O–H groups in total. The Balaban J connectivity index is 1.74. The molecule has 1 atom stereocenters. The molecular formula is C26H29N5O2. The van der Waals surface area contributed by atoms with E-state index in [2.05, 4.69) is 22.4 Å². The zero-order valence-corrected chi connectivity index (χ0v) is 19.7. The van der Waals surface area contributed by atoms with Gasteiger partial charge >= 0.3 is 0 Å². The predicted octanol–water partition coefficient (Wildman–Crippen LogP) is 4.66. The van der Waals surface area contributed by atoms with Gasteiger partial charge in [-0.3, -0.25) is 9.59 Å². The topological polar surface area (TPSA) is 81.8 Å².